The molecule has 8 rings (SSSR count). The molecule has 0 amide bonds. The standard InChI is InChI=1S/C36H23N3O2/c40-33-20-35-29(28-15-6-7-16-34(28)41-35)19-30(33)36-38-32(22-39(36)27-13-2-1-3-14-27)25-12-8-11-24(17-25)31-18-23-9-4-5-10-26(23)21-37-31/h1-22,40H. The van der Waals surface area contributed by atoms with E-state index in [0.717, 1.165) is 55.3 Å². The van der Waals surface area contributed by atoms with Crippen LogP contribution in [0.15, 0.2) is 138 Å². The average Bonchev–Trinajstić information content (AvgIpc) is 3.62. The minimum atomic E-state index is 0.111. The van der Waals surface area contributed by atoms with Crippen LogP contribution in [0.1, 0.15) is 0 Å². The third-order valence-electron chi connectivity index (χ3n) is 7.56. The Morgan fingerprint density at radius 3 is 2.24 bits per heavy atom. The van der Waals surface area contributed by atoms with Crippen molar-refractivity contribution in [2.75, 3.05) is 0 Å². The lowest BCUT2D eigenvalue weighted by atomic mass is 10.0. The predicted molar refractivity (Wildman–Crippen MR) is 164 cm³/mol. The van der Waals surface area contributed by atoms with Crippen LogP contribution < -0.4 is 0 Å². The first-order chi connectivity index (χ1) is 20.2. The van der Waals surface area contributed by atoms with Crippen LogP contribution in [0.3, 0.4) is 0 Å². The Labute approximate surface area is 235 Å². The van der Waals surface area contributed by atoms with Gasteiger partial charge in [0.05, 0.1) is 17.0 Å². The van der Waals surface area contributed by atoms with Gasteiger partial charge in [-0.25, -0.2) is 4.98 Å². The molecule has 0 atom stereocenters. The largest absolute Gasteiger partial charge is 0.507 e. The molecule has 5 heteroatoms. The van der Waals surface area contributed by atoms with Gasteiger partial charge in [-0.1, -0.05) is 78.9 Å². The summed E-state index contributed by atoms with van der Waals surface area (Å²) in [5, 5.41) is 15.4. The maximum absolute atomic E-state index is 11.2. The number of benzene rings is 5. The van der Waals surface area contributed by atoms with E-state index in [4.69, 9.17) is 14.4 Å². The number of phenols is 1. The van der Waals surface area contributed by atoms with Crippen molar-refractivity contribution in [2.45, 2.75) is 0 Å². The molecule has 0 bridgehead atoms. The number of fused-ring (bicyclic) bond motifs is 4. The molecule has 0 saturated heterocycles. The van der Waals surface area contributed by atoms with E-state index in [-0.39, 0.29) is 5.75 Å². The molecule has 41 heavy (non-hydrogen) atoms. The molecule has 0 saturated carbocycles. The first-order valence-corrected chi connectivity index (χ1v) is 13.5. The zero-order valence-electron chi connectivity index (χ0n) is 21.9. The second kappa shape index (κ2) is 9.21. The Balaban J connectivity index is 1.30. The van der Waals surface area contributed by atoms with E-state index in [2.05, 4.69) is 36.4 Å². The minimum Gasteiger partial charge on any atom is -0.507 e. The second-order valence-electron chi connectivity index (χ2n) is 10.1. The third kappa shape index (κ3) is 3.95. The summed E-state index contributed by atoms with van der Waals surface area (Å²) >= 11 is 0. The van der Waals surface area contributed by atoms with Gasteiger partial charge in [0.2, 0.25) is 0 Å². The number of pyridine rings is 1. The van der Waals surface area contributed by atoms with E-state index in [1.165, 1.54) is 0 Å². The smallest absolute Gasteiger partial charge is 0.149 e. The summed E-state index contributed by atoms with van der Waals surface area (Å²) in [5.74, 6) is 0.755. The van der Waals surface area contributed by atoms with Crippen LogP contribution in [0, 0.1) is 0 Å². The van der Waals surface area contributed by atoms with Crippen LogP contribution in [-0.2, 0) is 0 Å². The normalized spacial score (nSPS) is 11.5. The highest BCUT2D eigenvalue weighted by Gasteiger charge is 2.19. The summed E-state index contributed by atoms with van der Waals surface area (Å²) in [6, 6.07) is 40.2. The number of aromatic hydroxyl groups is 1. The molecule has 5 nitrogen and oxygen atoms in total. The van der Waals surface area contributed by atoms with Crippen LogP contribution in [-0.4, -0.2) is 19.6 Å². The predicted octanol–water partition coefficient (Wildman–Crippen LogP) is 9.03. The molecular formula is C36H23N3O2. The molecule has 0 radical (unpaired) electrons. The van der Waals surface area contributed by atoms with Crippen LogP contribution in [0.25, 0.3) is 72.3 Å². The van der Waals surface area contributed by atoms with E-state index in [9.17, 15) is 5.11 Å². The zero-order valence-corrected chi connectivity index (χ0v) is 21.9. The molecule has 3 aromatic heterocycles. The number of nitrogens with zero attached hydrogens (tertiary/aromatic N) is 3. The van der Waals surface area contributed by atoms with E-state index in [1.807, 2.05) is 95.8 Å². The van der Waals surface area contributed by atoms with E-state index in [1.54, 1.807) is 6.07 Å². The van der Waals surface area contributed by atoms with Gasteiger partial charge in [-0.05, 0) is 41.8 Å². The molecule has 0 spiro atoms. The first kappa shape index (κ1) is 23.2. The Kier molecular flexibility index (Phi) is 5.22. The lowest BCUT2D eigenvalue weighted by molar-refractivity contribution is 0.476. The summed E-state index contributed by atoms with van der Waals surface area (Å²) in [4.78, 5) is 9.82. The molecule has 5 aromatic carbocycles. The van der Waals surface area contributed by atoms with Crippen LogP contribution in [0.2, 0.25) is 0 Å². The molecule has 1 N–H and O–H groups in total. The highest BCUT2D eigenvalue weighted by atomic mass is 16.3. The zero-order chi connectivity index (χ0) is 27.3. The monoisotopic (exact) mass is 529 g/mol. The highest BCUT2D eigenvalue weighted by Crippen LogP contribution is 2.39. The van der Waals surface area contributed by atoms with Crippen molar-refractivity contribution >= 4 is 32.7 Å². The second-order valence-corrected chi connectivity index (χ2v) is 10.1. The van der Waals surface area contributed by atoms with Gasteiger partial charge >= 0.3 is 0 Å². The van der Waals surface area contributed by atoms with Crippen molar-refractivity contribution in [3.63, 3.8) is 0 Å². The number of hydrogen-bond donors (Lipinski definition) is 1. The number of aromatic nitrogens is 3. The molecule has 0 aliphatic rings. The molecular weight excluding hydrogens is 506 g/mol. The minimum absolute atomic E-state index is 0.111. The highest BCUT2D eigenvalue weighted by molar-refractivity contribution is 6.07. The summed E-state index contributed by atoms with van der Waals surface area (Å²) in [6.07, 6.45) is 3.94. The van der Waals surface area contributed by atoms with E-state index < -0.39 is 0 Å². The van der Waals surface area contributed by atoms with Crippen molar-refractivity contribution in [2.24, 2.45) is 0 Å². The first-order valence-electron chi connectivity index (χ1n) is 13.5. The lowest BCUT2D eigenvalue weighted by Crippen LogP contribution is -1.96. The van der Waals surface area contributed by atoms with Gasteiger partial charge < -0.3 is 9.52 Å². The van der Waals surface area contributed by atoms with Gasteiger partial charge in [-0.3, -0.25) is 9.55 Å². The van der Waals surface area contributed by atoms with Gasteiger partial charge in [0, 0.05) is 51.4 Å². The lowest BCUT2D eigenvalue weighted by Gasteiger charge is -2.09. The summed E-state index contributed by atoms with van der Waals surface area (Å²) in [6.45, 7) is 0. The van der Waals surface area contributed by atoms with Gasteiger partial charge in [-0.15, -0.1) is 0 Å². The number of para-hydroxylation sites is 2. The van der Waals surface area contributed by atoms with E-state index in [0.29, 0.717) is 17.0 Å². The molecule has 194 valence electrons. The molecule has 0 aliphatic carbocycles. The number of furan rings is 1. The summed E-state index contributed by atoms with van der Waals surface area (Å²) < 4.78 is 8.03. The van der Waals surface area contributed by atoms with Crippen LogP contribution in [0.4, 0.5) is 0 Å². The fourth-order valence-corrected chi connectivity index (χ4v) is 5.51. The number of hydrogen-bond acceptors (Lipinski definition) is 4. The van der Waals surface area contributed by atoms with Crippen molar-refractivity contribution in [1.82, 2.24) is 14.5 Å². The summed E-state index contributed by atoms with van der Waals surface area (Å²) in [7, 11) is 0. The van der Waals surface area contributed by atoms with Crippen molar-refractivity contribution < 1.29 is 9.52 Å². The molecule has 0 aliphatic heterocycles. The van der Waals surface area contributed by atoms with Crippen molar-refractivity contribution in [3.05, 3.63) is 134 Å². The number of rotatable bonds is 4. The Bertz CT molecular complexity index is 2230. The topological polar surface area (TPSA) is 64.1 Å². The Morgan fingerprint density at radius 1 is 0.610 bits per heavy atom. The number of phenolic OH excluding ortho intramolecular Hbond substituents is 1. The Hall–Kier alpha value is -5.68. The maximum atomic E-state index is 11.2. The van der Waals surface area contributed by atoms with Gasteiger partial charge in [0.15, 0.2) is 0 Å². The SMILES string of the molecule is Oc1cc2oc3ccccc3c2cc1-c1nc(-c2cccc(-c3cc4ccccc4cn3)c2)cn1-c1ccccc1. The van der Waals surface area contributed by atoms with E-state index >= 15 is 0 Å². The maximum Gasteiger partial charge on any atom is 0.149 e. The van der Waals surface area contributed by atoms with Crippen molar-refractivity contribution in [1.29, 1.82) is 0 Å². The molecule has 0 fully saturated rings. The van der Waals surface area contributed by atoms with Crippen LogP contribution >= 0.6 is 0 Å². The summed E-state index contributed by atoms with van der Waals surface area (Å²) in [5.41, 5.74) is 6.68. The fraction of sp³-hybridized carbons (Fsp3) is 0. The fourth-order valence-electron chi connectivity index (χ4n) is 5.51. The molecule has 8 aromatic rings. The molecule has 3 heterocycles. The van der Waals surface area contributed by atoms with Crippen LogP contribution in [0.5, 0.6) is 5.75 Å². The number of imidazole rings is 1. The average molecular weight is 530 g/mol. The van der Waals surface area contributed by atoms with Crippen molar-refractivity contribution in [3.8, 4) is 45.3 Å². The quantitative estimate of drug-likeness (QED) is 0.247. The van der Waals surface area contributed by atoms with Gasteiger partial charge in [0.1, 0.15) is 22.7 Å². The Morgan fingerprint density at radius 2 is 1.37 bits per heavy atom. The van der Waals surface area contributed by atoms with Gasteiger partial charge in [0.25, 0.3) is 0 Å². The third-order valence-corrected chi connectivity index (χ3v) is 7.56. The van der Waals surface area contributed by atoms with Gasteiger partial charge in [-0.2, -0.15) is 0 Å². The molecule has 0 unspecified atom stereocenters.